The predicted octanol–water partition coefficient (Wildman–Crippen LogP) is 1.75. The van der Waals surface area contributed by atoms with E-state index in [9.17, 15) is 9.59 Å². The zero-order valence-corrected chi connectivity index (χ0v) is 9.97. The Hall–Kier alpha value is -1.36. The van der Waals surface area contributed by atoms with Gasteiger partial charge in [-0.15, -0.1) is 11.3 Å². The molecule has 5 heteroatoms. The SMILES string of the molecule is CCc1ccsc1CN1CCC(=O)NC1=O. The van der Waals surface area contributed by atoms with Crippen LogP contribution in [-0.2, 0) is 17.8 Å². The van der Waals surface area contributed by atoms with Crippen LogP contribution in [0.4, 0.5) is 4.79 Å². The molecule has 16 heavy (non-hydrogen) atoms. The van der Waals surface area contributed by atoms with Gasteiger partial charge in [-0.25, -0.2) is 4.79 Å². The van der Waals surface area contributed by atoms with Crippen LogP contribution in [0.1, 0.15) is 23.8 Å². The third-order valence-electron chi connectivity index (χ3n) is 2.70. The van der Waals surface area contributed by atoms with Crippen molar-refractivity contribution in [3.05, 3.63) is 21.9 Å². The molecule has 1 fully saturated rings. The number of hydrogen-bond acceptors (Lipinski definition) is 3. The summed E-state index contributed by atoms with van der Waals surface area (Å²) in [5.74, 6) is -0.178. The van der Waals surface area contributed by atoms with Crippen LogP contribution in [0.25, 0.3) is 0 Å². The molecule has 1 saturated heterocycles. The third-order valence-corrected chi connectivity index (χ3v) is 3.64. The monoisotopic (exact) mass is 238 g/mol. The van der Waals surface area contributed by atoms with E-state index in [1.807, 2.05) is 5.38 Å². The maximum absolute atomic E-state index is 11.5. The van der Waals surface area contributed by atoms with E-state index in [2.05, 4.69) is 18.3 Å². The Morgan fingerprint density at radius 3 is 3.00 bits per heavy atom. The number of aryl methyl sites for hydroxylation is 1. The molecule has 3 amide bonds. The van der Waals surface area contributed by atoms with Crippen molar-refractivity contribution in [2.75, 3.05) is 6.54 Å². The number of nitrogens with zero attached hydrogens (tertiary/aromatic N) is 1. The molecule has 0 aliphatic carbocycles. The summed E-state index contributed by atoms with van der Waals surface area (Å²) in [5.41, 5.74) is 1.29. The van der Waals surface area contributed by atoms with Crippen LogP contribution in [0.15, 0.2) is 11.4 Å². The van der Waals surface area contributed by atoms with Gasteiger partial charge >= 0.3 is 6.03 Å². The van der Waals surface area contributed by atoms with Crippen LogP contribution in [0.2, 0.25) is 0 Å². The van der Waals surface area contributed by atoms with Crippen molar-refractivity contribution >= 4 is 23.3 Å². The molecule has 1 N–H and O–H groups in total. The molecule has 2 rings (SSSR count). The molecule has 0 atom stereocenters. The Kier molecular flexibility index (Phi) is 3.24. The second kappa shape index (κ2) is 4.65. The minimum atomic E-state index is -0.272. The molecule has 0 unspecified atom stereocenters. The summed E-state index contributed by atoms with van der Waals surface area (Å²) in [6.45, 7) is 3.23. The van der Waals surface area contributed by atoms with Crippen LogP contribution in [0, 0.1) is 0 Å². The van der Waals surface area contributed by atoms with E-state index >= 15 is 0 Å². The normalized spacial score (nSPS) is 16.4. The van der Waals surface area contributed by atoms with Gasteiger partial charge in [0.05, 0.1) is 6.54 Å². The predicted molar refractivity (Wildman–Crippen MR) is 62.3 cm³/mol. The Morgan fingerprint density at radius 2 is 2.31 bits per heavy atom. The highest BCUT2D eigenvalue weighted by Crippen LogP contribution is 2.20. The lowest BCUT2D eigenvalue weighted by Gasteiger charge is -2.26. The van der Waals surface area contributed by atoms with Crippen molar-refractivity contribution < 1.29 is 9.59 Å². The zero-order valence-electron chi connectivity index (χ0n) is 9.16. The molecule has 1 aromatic rings. The quantitative estimate of drug-likeness (QED) is 0.872. The van der Waals surface area contributed by atoms with Crippen LogP contribution in [-0.4, -0.2) is 23.4 Å². The van der Waals surface area contributed by atoms with Gasteiger partial charge in [-0.05, 0) is 23.4 Å². The fourth-order valence-corrected chi connectivity index (χ4v) is 2.73. The molecule has 0 spiro atoms. The van der Waals surface area contributed by atoms with Gasteiger partial charge in [0.1, 0.15) is 0 Å². The number of amides is 3. The van der Waals surface area contributed by atoms with E-state index in [4.69, 9.17) is 0 Å². The lowest BCUT2D eigenvalue weighted by Crippen LogP contribution is -2.48. The van der Waals surface area contributed by atoms with Gasteiger partial charge in [0.25, 0.3) is 0 Å². The molecule has 0 radical (unpaired) electrons. The fourth-order valence-electron chi connectivity index (χ4n) is 1.74. The van der Waals surface area contributed by atoms with Crippen molar-refractivity contribution in [2.24, 2.45) is 0 Å². The number of hydrogen-bond donors (Lipinski definition) is 1. The van der Waals surface area contributed by atoms with E-state index in [-0.39, 0.29) is 11.9 Å². The number of carbonyl (C=O) groups is 2. The number of imide groups is 1. The van der Waals surface area contributed by atoms with E-state index in [1.165, 1.54) is 10.4 Å². The molecule has 1 aliphatic rings. The summed E-state index contributed by atoms with van der Waals surface area (Å²) in [5, 5.41) is 4.37. The molecule has 86 valence electrons. The molecular formula is C11H14N2O2S. The second-order valence-corrected chi connectivity index (χ2v) is 4.75. The number of nitrogens with one attached hydrogen (secondary N) is 1. The molecule has 0 aromatic carbocycles. The average molecular weight is 238 g/mol. The Labute approximate surface area is 98.3 Å². The van der Waals surface area contributed by atoms with Crippen molar-refractivity contribution in [3.8, 4) is 0 Å². The summed E-state index contributed by atoms with van der Waals surface area (Å²) in [6.07, 6.45) is 1.38. The summed E-state index contributed by atoms with van der Waals surface area (Å²) in [6, 6.07) is 1.82. The molecule has 1 aliphatic heterocycles. The molecule has 0 saturated carbocycles. The minimum absolute atomic E-state index is 0.178. The average Bonchev–Trinajstić information content (AvgIpc) is 2.69. The standard InChI is InChI=1S/C11H14N2O2S/c1-2-8-4-6-16-9(8)7-13-5-3-10(14)12-11(13)15/h4,6H,2-3,5,7H2,1H3,(H,12,14,15). The van der Waals surface area contributed by atoms with E-state index < -0.39 is 0 Å². The number of carbonyl (C=O) groups excluding carboxylic acids is 2. The summed E-state index contributed by atoms with van der Waals surface area (Å²) < 4.78 is 0. The van der Waals surface area contributed by atoms with Gasteiger partial charge in [-0.2, -0.15) is 0 Å². The maximum Gasteiger partial charge on any atom is 0.324 e. The third kappa shape index (κ3) is 2.24. The van der Waals surface area contributed by atoms with Gasteiger partial charge in [0, 0.05) is 17.8 Å². The van der Waals surface area contributed by atoms with E-state index in [1.54, 1.807) is 16.2 Å². The highest BCUT2D eigenvalue weighted by atomic mass is 32.1. The van der Waals surface area contributed by atoms with Crippen molar-refractivity contribution in [3.63, 3.8) is 0 Å². The van der Waals surface area contributed by atoms with Crippen molar-refractivity contribution in [2.45, 2.75) is 26.3 Å². The van der Waals surface area contributed by atoms with Crippen LogP contribution in [0.3, 0.4) is 0 Å². The van der Waals surface area contributed by atoms with Gasteiger partial charge in [0.15, 0.2) is 0 Å². The van der Waals surface area contributed by atoms with Gasteiger partial charge in [-0.1, -0.05) is 6.92 Å². The van der Waals surface area contributed by atoms with Crippen LogP contribution < -0.4 is 5.32 Å². The fraction of sp³-hybridized carbons (Fsp3) is 0.455. The second-order valence-electron chi connectivity index (χ2n) is 3.75. The van der Waals surface area contributed by atoms with Gasteiger partial charge in [-0.3, -0.25) is 10.1 Å². The van der Waals surface area contributed by atoms with Crippen molar-refractivity contribution in [1.29, 1.82) is 0 Å². The Bertz CT molecular complexity index is 414. The highest BCUT2D eigenvalue weighted by molar-refractivity contribution is 7.10. The minimum Gasteiger partial charge on any atom is -0.319 e. The smallest absolute Gasteiger partial charge is 0.319 e. The van der Waals surface area contributed by atoms with Crippen LogP contribution >= 0.6 is 11.3 Å². The maximum atomic E-state index is 11.5. The first-order valence-corrected chi connectivity index (χ1v) is 6.22. The van der Waals surface area contributed by atoms with E-state index in [0.717, 1.165) is 6.42 Å². The molecule has 0 bridgehead atoms. The largest absolute Gasteiger partial charge is 0.324 e. The topological polar surface area (TPSA) is 49.4 Å². The molecule has 4 nitrogen and oxygen atoms in total. The molecule has 1 aromatic heterocycles. The number of urea groups is 1. The zero-order chi connectivity index (χ0) is 11.5. The number of rotatable bonds is 3. The lowest BCUT2D eigenvalue weighted by atomic mass is 10.2. The summed E-state index contributed by atoms with van der Waals surface area (Å²) >= 11 is 1.66. The van der Waals surface area contributed by atoms with Crippen LogP contribution in [0.5, 0.6) is 0 Å². The van der Waals surface area contributed by atoms with E-state index in [0.29, 0.717) is 19.5 Å². The first-order chi connectivity index (χ1) is 7.70. The van der Waals surface area contributed by atoms with Crippen molar-refractivity contribution in [1.82, 2.24) is 10.2 Å². The number of thiophene rings is 1. The first-order valence-electron chi connectivity index (χ1n) is 5.34. The summed E-state index contributed by atoms with van der Waals surface area (Å²) in [7, 11) is 0. The Morgan fingerprint density at radius 1 is 1.50 bits per heavy atom. The van der Waals surface area contributed by atoms with Gasteiger partial charge < -0.3 is 4.90 Å². The molecular weight excluding hydrogens is 224 g/mol. The first kappa shape index (κ1) is 11.1. The summed E-state index contributed by atoms with van der Waals surface area (Å²) in [4.78, 5) is 25.4. The highest BCUT2D eigenvalue weighted by Gasteiger charge is 2.23. The Balaban J connectivity index is 2.04. The lowest BCUT2D eigenvalue weighted by molar-refractivity contribution is -0.121. The molecule has 2 heterocycles. The van der Waals surface area contributed by atoms with Gasteiger partial charge in [0.2, 0.25) is 5.91 Å².